The molecule has 0 saturated heterocycles. The Morgan fingerprint density at radius 3 is 2.65 bits per heavy atom. The highest BCUT2D eigenvalue weighted by molar-refractivity contribution is 5.37. The molecule has 4 heteroatoms. The first-order valence-corrected chi connectivity index (χ1v) is 6.87. The van der Waals surface area contributed by atoms with Crippen molar-refractivity contribution in [3.63, 3.8) is 0 Å². The van der Waals surface area contributed by atoms with Crippen molar-refractivity contribution in [3.8, 4) is 5.75 Å². The van der Waals surface area contributed by atoms with Gasteiger partial charge in [0.05, 0.1) is 19.3 Å². The van der Waals surface area contributed by atoms with Gasteiger partial charge in [-0.15, -0.1) is 0 Å². The first-order chi connectivity index (χ1) is 9.56. The van der Waals surface area contributed by atoms with E-state index in [1.807, 2.05) is 13.1 Å². The van der Waals surface area contributed by atoms with E-state index in [1.165, 1.54) is 16.8 Å². The van der Waals surface area contributed by atoms with Gasteiger partial charge >= 0.3 is 0 Å². The average Bonchev–Trinajstić information content (AvgIpc) is 2.67. The van der Waals surface area contributed by atoms with E-state index in [2.05, 4.69) is 48.0 Å². The molecule has 1 aromatic carbocycles. The van der Waals surface area contributed by atoms with Gasteiger partial charge in [-0.25, -0.2) is 0 Å². The van der Waals surface area contributed by atoms with E-state index in [0.717, 1.165) is 30.1 Å². The van der Waals surface area contributed by atoms with E-state index in [-0.39, 0.29) is 0 Å². The zero-order valence-corrected chi connectivity index (χ0v) is 12.9. The van der Waals surface area contributed by atoms with Crippen molar-refractivity contribution >= 4 is 0 Å². The molecule has 0 saturated carbocycles. The molecule has 2 rings (SSSR count). The van der Waals surface area contributed by atoms with Crippen LogP contribution in [0.5, 0.6) is 5.75 Å². The van der Waals surface area contributed by atoms with Crippen LogP contribution in [0.3, 0.4) is 0 Å². The van der Waals surface area contributed by atoms with Crippen molar-refractivity contribution in [2.45, 2.75) is 33.9 Å². The number of methoxy groups -OCH3 is 1. The molecule has 0 aliphatic heterocycles. The second kappa shape index (κ2) is 6.09. The fourth-order valence-corrected chi connectivity index (χ4v) is 2.51. The number of ether oxygens (including phenoxy) is 1. The molecule has 0 radical (unpaired) electrons. The van der Waals surface area contributed by atoms with E-state index < -0.39 is 0 Å². The summed E-state index contributed by atoms with van der Waals surface area (Å²) < 4.78 is 7.50. The minimum Gasteiger partial charge on any atom is -0.496 e. The van der Waals surface area contributed by atoms with Gasteiger partial charge in [-0.3, -0.25) is 4.68 Å². The second-order valence-corrected chi connectivity index (χ2v) is 5.15. The van der Waals surface area contributed by atoms with Crippen molar-refractivity contribution in [2.24, 2.45) is 0 Å². The Morgan fingerprint density at radius 1 is 1.25 bits per heavy atom. The molecule has 2 aromatic rings. The van der Waals surface area contributed by atoms with Crippen LogP contribution in [-0.4, -0.2) is 23.9 Å². The smallest absolute Gasteiger partial charge is 0.123 e. The number of hydrogen-bond acceptors (Lipinski definition) is 3. The van der Waals surface area contributed by atoms with Gasteiger partial charge in [-0.2, -0.15) is 5.10 Å². The van der Waals surface area contributed by atoms with Crippen molar-refractivity contribution < 1.29 is 4.74 Å². The van der Waals surface area contributed by atoms with Crippen molar-refractivity contribution in [1.29, 1.82) is 0 Å². The number of hydrogen-bond donors (Lipinski definition) is 1. The van der Waals surface area contributed by atoms with Crippen LogP contribution in [-0.2, 0) is 13.1 Å². The molecule has 0 aliphatic carbocycles. The average molecular weight is 273 g/mol. The molecule has 1 aromatic heterocycles. The lowest BCUT2D eigenvalue weighted by Crippen LogP contribution is -2.09. The summed E-state index contributed by atoms with van der Waals surface area (Å²) in [7, 11) is 3.67. The monoisotopic (exact) mass is 273 g/mol. The molecule has 4 nitrogen and oxygen atoms in total. The molecular formula is C16H23N3O. The Balaban J connectivity index is 2.35. The van der Waals surface area contributed by atoms with Crippen LogP contribution in [0.15, 0.2) is 18.2 Å². The van der Waals surface area contributed by atoms with E-state index in [4.69, 9.17) is 4.74 Å². The van der Waals surface area contributed by atoms with Gasteiger partial charge in [0, 0.05) is 23.4 Å². The molecule has 0 aliphatic rings. The third-order valence-electron chi connectivity index (χ3n) is 3.64. The standard InChI is InChI=1S/C16H23N3O/c1-11-6-7-16(20-5)14(8-11)10-19-13(3)15(9-17-4)12(2)18-19/h6-8,17H,9-10H2,1-5H3. The first kappa shape index (κ1) is 14.6. The van der Waals surface area contributed by atoms with Gasteiger partial charge in [0.1, 0.15) is 5.75 Å². The Hall–Kier alpha value is -1.81. The molecule has 0 bridgehead atoms. The van der Waals surface area contributed by atoms with Crippen LogP contribution in [0.1, 0.15) is 28.1 Å². The maximum Gasteiger partial charge on any atom is 0.123 e. The highest BCUT2D eigenvalue weighted by Gasteiger charge is 2.12. The fourth-order valence-electron chi connectivity index (χ4n) is 2.51. The molecule has 0 atom stereocenters. The lowest BCUT2D eigenvalue weighted by atomic mass is 10.1. The number of aromatic nitrogens is 2. The Kier molecular flexibility index (Phi) is 4.45. The zero-order chi connectivity index (χ0) is 14.7. The van der Waals surface area contributed by atoms with Crippen LogP contribution in [0.2, 0.25) is 0 Å². The molecule has 20 heavy (non-hydrogen) atoms. The molecular weight excluding hydrogens is 250 g/mol. The van der Waals surface area contributed by atoms with Crippen molar-refractivity contribution in [3.05, 3.63) is 46.3 Å². The SMILES string of the molecule is CNCc1c(C)nn(Cc2cc(C)ccc2OC)c1C. The summed E-state index contributed by atoms with van der Waals surface area (Å²) in [6.45, 7) is 7.86. The van der Waals surface area contributed by atoms with Gasteiger partial charge in [0.2, 0.25) is 0 Å². The largest absolute Gasteiger partial charge is 0.496 e. The highest BCUT2D eigenvalue weighted by Crippen LogP contribution is 2.22. The number of nitrogens with zero attached hydrogens (tertiary/aromatic N) is 2. The van der Waals surface area contributed by atoms with E-state index in [9.17, 15) is 0 Å². The summed E-state index contributed by atoms with van der Waals surface area (Å²) in [5, 5.41) is 7.85. The molecule has 1 N–H and O–H groups in total. The molecule has 0 unspecified atom stereocenters. The van der Waals surface area contributed by atoms with Gasteiger partial charge < -0.3 is 10.1 Å². The quantitative estimate of drug-likeness (QED) is 0.910. The maximum atomic E-state index is 5.44. The van der Waals surface area contributed by atoms with Gasteiger partial charge in [0.15, 0.2) is 0 Å². The van der Waals surface area contributed by atoms with Crippen LogP contribution < -0.4 is 10.1 Å². The highest BCUT2D eigenvalue weighted by atomic mass is 16.5. The topological polar surface area (TPSA) is 39.1 Å². The summed E-state index contributed by atoms with van der Waals surface area (Å²) in [6.07, 6.45) is 0. The van der Waals surface area contributed by atoms with Gasteiger partial charge in [0.25, 0.3) is 0 Å². The Labute approximate surface area is 120 Å². The number of rotatable bonds is 5. The van der Waals surface area contributed by atoms with Crippen LogP contribution in [0.25, 0.3) is 0 Å². The molecule has 0 spiro atoms. The normalized spacial score (nSPS) is 10.8. The molecule has 108 valence electrons. The van der Waals surface area contributed by atoms with Crippen molar-refractivity contribution in [1.82, 2.24) is 15.1 Å². The number of nitrogens with one attached hydrogen (secondary N) is 1. The second-order valence-electron chi connectivity index (χ2n) is 5.15. The Morgan fingerprint density at radius 2 is 2.00 bits per heavy atom. The zero-order valence-electron chi connectivity index (χ0n) is 12.9. The van der Waals surface area contributed by atoms with E-state index in [1.54, 1.807) is 7.11 Å². The third-order valence-corrected chi connectivity index (χ3v) is 3.64. The van der Waals surface area contributed by atoms with Crippen LogP contribution >= 0.6 is 0 Å². The number of benzene rings is 1. The molecule has 0 fully saturated rings. The Bertz CT molecular complexity index is 602. The minimum atomic E-state index is 0.737. The summed E-state index contributed by atoms with van der Waals surface area (Å²) in [4.78, 5) is 0. The van der Waals surface area contributed by atoms with Crippen LogP contribution in [0, 0.1) is 20.8 Å². The van der Waals surface area contributed by atoms with Crippen LogP contribution in [0.4, 0.5) is 0 Å². The first-order valence-electron chi connectivity index (χ1n) is 6.87. The van der Waals surface area contributed by atoms with Gasteiger partial charge in [-0.05, 0) is 33.9 Å². The van der Waals surface area contributed by atoms with E-state index >= 15 is 0 Å². The summed E-state index contributed by atoms with van der Waals surface area (Å²) in [6, 6.07) is 6.24. The lowest BCUT2D eigenvalue weighted by molar-refractivity contribution is 0.407. The molecule has 0 amide bonds. The number of aryl methyl sites for hydroxylation is 2. The summed E-state index contributed by atoms with van der Waals surface area (Å²) in [5.41, 5.74) is 5.97. The van der Waals surface area contributed by atoms with E-state index in [0.29, 0.717) is 0 Å². The predicted octanol–water partition coefficient (Wildman–Crippen LogP) is 2.58. The van der Waals surface area contributed by atoms with Crippen molar-refractivity contribution in [2.75, 3.05) is 14.2 Å². The fraction of sp³-hybridized carbons (Fsp3) is 0.438. The molecule has 1 heterocycles. The predicted molar refractivity (Wildman–Crippen MR) is 81.3 cm³/mol. The summed E-state index contributed by atoms with van der Waals surface area (Å²) in [5.74, 6) is 0.915. The minimum absolute atomic E-state index is 0.737. The summed E-state index contributed by atoms with van der Waals surface area (Å²) >= 11 is 0. The maximum absolute atomic E-state index is 5.44. The van der Waals surface area contributed by atoms with Gasteiger partial charge in [-0.1, -0.05) is 17.7 Å². The lowest BCUT2D eigenvalue weighted by Gasteiger charge is -2.11. The third kappa shape index (κ3) is 2.85.